The average Bonchev–Trinajstić information content (AvgIpc) is 3.29. The highest BCUT2D eigenvalue weighted by atomic mass is 16.5. The fraction of sp³-hybridized carbons (Fsp3) is 0.240. The van der Waals surface area contributed by atoms with Gasteiger partial charge in [-0.3, -0.25) is 9.59 Å². The maximum Gasteiger partial charge on any atom is 0.277 e. The number of fused-ring (bicyclic) bond motifs is 1. The number of rotatable bonds is 7. The minimum absolute atomic E-state index is 0.144. The normalized spacial score (nSPS) is 10.9. The van der Waals surface area contributed by atoms with Crippen LogP contribution in [0.2, 0.25) is 0 Å². The summed E-state index contributed by atoms with van der Waals surface area (Å²) in [5.74, 6) is 1.06. The van der Waals surface area contributed by atoms with Crippen molar-refractivity contribution >= 4 is 17.2 Å². The van der Waals surface area contributed by atoms with Crippen LogP contribution >= 0.6 is 0 Å². The number of benzene rings is 2. The molecule has 4 rings (SSSR count). The van der Waals surface area contributed by atoms with E-state index < -0.39 is 0 Å². The second-order valence-corrected chi connectivity index (χ2v) is 7.71. The van der Waals surface area contributed by atoms with Crippen LogP contribution in [0.25, 0.3) is 16.9 Å². The lowest BCUT2D eigenvalue weighted by molar-refractivity contribution is -0.116. The second kappa shape index (κ2) is 9.20. The van der Waals surface area contributed by atoms with E-state index in [1.165, 1.54) is 4.52 Å². The summed E-state index contributed by atoms with van der Waals surface area (Å²) in [4.78, 5) is 25.6. The predicted octanol–water partition coefficient (Wildman–Crippen LogP) is 3.60. The Kier molecular flexibility index (Phi) is 6.17. The maximum atomic E-state index is 13.3. The van der Waals surface area contributed by atoms with Crippen LogP contribution < -0.4 is 20.3 Å². The van der Waals surface area contributed by atoms with Crippen LogP contribution in [0.15, 0.2) is 59.4 Å². The van der Waals surface area contributed by atoms with E-state index in [0.717, 1.165) is 16.9 Å². The Bertz CT molecular complexity index is 1370. The van der Waals surface area contributed by atoms with Gasteiger partial charge in [-0.15, -0.1) is 0 Å². The molecule has 2 aromatic heterocycles. The van der Waals surface area contributed by atoms with Gasteiger partial charge in [0.05, 0.1) is 19.9 Å². The molecule has 33 heavy (non-hydrogen) atoms. The van der Waals surface area contributed by atoms with Crippen LogP contribution in [0.5, 0.6) is 11.5 Å². The van der Waals surface area contributed by atoms with Crippen molar-refractivity contribution in [2.24, 2.45) is 7.05 Å². The van der Waals surface area contributed by atoms with Gasteiger partial charge in [0.2, 0.25) is 5.91 Å². The molecule has 1 amide bonds. The van der Waals surface area contributed by atoms with Crippen molar-refractivity contribution in [1.29, 1.82) is 0 Å². The molecule has 0 aliphatic carbocycles. The molecule has 8 heteroatoms. The number of carbonyl (C=O) groups is 1. The SMILES string of the molecule is COc1ccc(-c2cc3n(C)c(C)c(CCC(=O)Nc4ccccc4)c(=O)n3n2)cc1OC. The number of hydrogen-bond donors (Lipinski definition) is 1. The van der Waals surface area contributed by atoms with Crippen molar-refractivity contribution in [3.63, 3.8) is 0 Å². The molecular weight excluding hydrogens is 420 g/mol. The number of aromatic nitrogens is 3. The summed E-state index contributed by atoms with van der Waals surface area (Å²) in [6.07, 6.45) is 0.513. The summed E-state index contributed by atoms with van der Waals surface area (Å²) >= 11 is 0. The zero-order valence-electron chi connectivity index (χ0n) is 19.1. The third-order valence-electron chi connectivity index (χ3n) is 5.76. The Hall–Kier alpha value is -4.07. The minimum Gasteiger partial charge on any atom is -0.493 e. The van der Waals surface area contributed by atoms with Crippen LogP contribution in [0.4, 0.5) is 5.69 Å². The average molecular weight is 447 g/mol. The number of methoxy groups -OCH3 is 2. The van der Waals surface area contributed by atoms with Crippen molar-refractivity contribution in [2.75, 3.05) is 19.5 Å². The molecule has 2 heterocycles. The van der Waals surface area contributed by atoms with Gasteiger partial charge in [0, 0.05) is 42.0 Å². The summed E-state index contributed by atoms with van der Waals surface area (Å²) in [5.41, 5.74) is 3.99. The van der Waals surface area contributed by atoms with Gasteiger partial charge in [-0.2, -0.15) is 9.61 Å². The first-order valence-electron chi connectivity index (χ1n) is 10.6. The Morgan fingerprint density at radius 1 is 1.03 bits per heavy atom. The Labute approximate surface area is 191 Å². The van der Waals surface area contributed by atoms with Crippen molar-refractivity contribution in [3.8, 4) is 22.8 Å². The molecule has 0 saturated carbocycles. The molecule has 0 fully saturated rings. The lowest BCUT2D eigenvalue weighted by atomic mass is 10.1. The first-order chi connectivity index (χ1) is 15.9. The highest BCUT2D eigenvalue weighted by molar-refractivity contribution is 5.90. The topological polar surface area (TPSA) is 86.9 Å². The number of nitrogens with zero attached hydrogens (tertiary/aromatic N) is 3. The molecule has 0 bridgehead atoms. The number of para-hydroxylation sites is 1. The van der Waals surface area contributed by atoms with Gasteiger partial charge < -0.3 is 19.4 Å². The molecule has 0 aliphatic rings. The Morgan fingerprint density at radius 2 is 1.76 bits per heavy atom. The van der Waals surface area contributed by atoms with E-state index in [9.17, 15) is 9.59 Å². The highest BCUT2D eigenvalue weighted by Crippen LogP contribution is 2.32. The van der Waals surface area contributed by atoms with Gasteiger partial charge in [0.15, 0.2) is 11.5 Å². The number of nitrogens with one attached hydrogen (secondary N) is 1. The standard InChI is InChI=1S/C25H26N4O4/c1-16-19(11-13-23(30)26-18-8-6-5-7-9-18)25(31)29-24(28(16)2)15-20(27-29)17-10-12-21(32-3)22(14-17)33-4/h5-10,12,14-15H,11,13H2,1-4H3,(H,26,30). The second-order valence-electron chi connectivity index (χ2n) is 7.71. The number of carbonyl (C=O) groups excluding carboxylic acids is 1. The van der Waals surface area contributed by atoms with Crippen LogP contribution in [0, 0.1) is 6.92 Å². The van der Waals surface area contributed by atoms with Crippen LogP contribution in [-0.4, -0.2) is 34.3 Å². The molecule has 0 aliphatic heterocycles. The molecule has 1 N–H and O–H groups in total. The third-order valence-corrected chi connectivity index (χ3v) is 5.76. The van der Waals surface area contributed by atoms with E-state index in [2.05, 4.69) is 10.4 Å². The van der Waals surface area contributed by atoms with Gasteiger partial charge in [-0.25, -0.2) is 0 Å². The molecule has 2 aromatic carbocycles. The summed E-state index contributed by atoms with van der Waals surface area (Å²) < 4.78 is 14.0. The summed E-state index contributed by atoms with van der Waals surface area (Å²) in [6, 6.07) is 16.6. The summed E-state index contributed by atoms with van der Waals surface area (Å²) in [7, 11) is 5.04. The minimum atomic E-state index is -0.222. The van der Waals surface area contributed by atoms with Crippen LogP contribution in [0.1, 0.15) is 17.7 Å². The molecule has 0 atom stereocenters. The number of aryl methyl sites for hydroxylation is 1. The molecule has 8 nitrogen and oxygen atoms in total. The smallest absolute Gasteiger partial charge is 0.277 e. The maximum absolute atomic E-state index is 13.3. The van der Waals surface area contributed by atoms with Crippen LogP contribution in [-0.2, 0) is 18.3 Å². The van der Waals surface area contributed by atoms with Gasteiger partial charge in [-0.1, -0.05) is 18.2 Å². The van der Waals surface area contributed by atoms with E-state index in [4.69, 9.17) is 9.47 Å². The molecule has 4 aromatic rings. The zero-order valence-corrected chi connectivity index (χ0v) is 19.1. The monoisotopic (exact) mass is 446 g/mol. The number of ether oxygens (including phenoxy) is 2. The van der Waals surface area contributed by atoms with Gasteiger partial charge in [0.25, 0.3) is 5.56 Å². The van der Waals surface area contributed by atoms with Gasteiger partial charge >= 0.3 is 0 Å². The molecular formula is C25H26N4O4. The van der Waals surface area contributed by atoms with E-state index in [1.807, 2.05) is 67.1 Å². The van der Waals surface area contributed by atoms with E-state index in [0.29, 0.717) is 34.8 Å². The van der Waals surface area contributed by atoms with E-state index in [-0.39, 0.29) is 17.9 Å². The fourth-order valence-electron chi connectivity index (χ4n) is 3.82. The lowest BCUT2D eigenvalue weighted by Crippen LogP contribution is -2.26. The number of anilines is 1. The molecule has 0 unspecified atom stereocenters. The van der Waals surface area contributed by atoms with Crippen molar-refractivity contribution in [3.05, 3.63) is 76.2 Å². The first-order valence-corrected chi connectivity index (χ1v) is 10.6. The van der Waals surface area contributed by atoms with Crippen molar-refractivity contribution in [2.45, 2.75) is 19.8 Å². The first kappa shape index (κ1) is 22.1. The molecule has 0 radical (unpaired) electrons. The quantitative estimate of drug-likeness (QED) is 0.469. The van der Waals surface area contributed by atoms with Gasteiger partial charge in [0.1, 0.15) is 5.65 Å². The zero-order chi connectivity index (χ0) is 23.5. The van der Waals surface area contributed by atoms with E-state index in [1.54, 1.807) is 20.3 Å². The van der Waals surface area contributed by atoms with Crippen LogP contribution in [0.3, 0.4) is 0 Å². The molecule has 170 valence electrons. The fourth-order valence-corrected chi connectivity index (χ4v) is 3.82. The van der Waals surface area contributed by atoms with E-state index >= 15 is 0 Å². The summed E-state index contributed by atoms with van der Waals surface area (Å²) in [6.45, 7) is 1.88. The Morgan fingerprint density at radius 3 is 2.45 bits per heavy atom. The molecule has 0 saturated heterocycles. The highest BCUT2D eigenvalue weighted by Gasteiger charge is 2.17. The lowest BCUT2D eigenvalue weighted by Gasteiger charge is -2.12. The largest absolute Gasteiger partial charge is 0.493 e. The number of hydrogen-bond acceptors (Lipinski definition) is 5. The number of amides is 1. The van der Waals surface area contributed by atoms with Crippen molar-refractivity contribution < 1.29 is 14.3 Å². The predicted molar refractivity (Wildman–Crippen MR) is 127 cm³/mol. The summed E-state index contributed by atoms with van der Waals surface area (Å²) in [5, 5.41) is 7.41. The van der Waals surface area contributed by atoms with Crippen molar-refractivity contribution in [1.82, 2.24) is 14.2 Å². The Balaban J connectivity index is 1.65. The van der Waals surface area contributed by atoms with Gasteiger partial charge in [-0.05, 0) is 43.7 Å². The molecule has 0 spiro atoms. The third kappa shape index (κ3) is 4.32.